The minimum atomic E-state index is -0.406. The van der Waals surface area contributed by atoms with Crippen molar-refractivity contribution in [2.75, 3.05) is 6.54 Å². The zero-order valence-electron chi connectivity index (χ0n) is 12.2. The molecule has 0 spiro atoms. The van der Waals surface area contributed by atoms with Gasteiger partial charge in [-0.2, -0.15) is 0 Å². The number of fused-ring (bicyclic) bond motifs is 2. The van der Waals surface area contributed by atoms with Crippen molar-refractivity contribution in [2.24, 2.45) is 5.73 Å². The summed E-state index contributed by atoms with van der Waals surface area (Å²) in [6.45, 7) is 1.05. The Morgan fingerprint density at radius 3 is 2.43 bits per heavy atom. The summed E-state index contributed by atoms with van der Waals surface area (Å²) >= 11 is 0. The number of carbonyl (C=O) groups excluding carboxylic acids is 1. The van der Waals surface area contributed by atoms with Crippen LogP contribution in [0.3, 0.4) is 0 Å². The van der Waals surface area contributed by atoms with Gasteiger partial charge >= 0.3 is 6.03 Å². The molecule has 0 aromatic heterocycles. The van der Waals surface area contributed by atoms with Gasteiger partial charge in [-0.15, -0.1) is 0 Å². The predicted octanol–water partition coefficient (Wildman–Crippen LogP) is 1.60. The van der Waals surface area contributed by atoms with E-state index in [1.54, 1.807) is 12.1 Å². The third-order valence-electron chi connectivity index (χ3n) is 4.83. The van der Waals surface area contributed by atoms with Crippen molar-refractivity contribution in [3.05, 3.63) is 29.8 Å². The standard InChI is InChI=1S/C16H23N3O2/c17-16(21)18-12-9-13-3-4-14(10-12)19(13)8-7-11-1-5-15(20)6-2-11/h1-2,5-6,12-14,20H,3-4,7-10H2,(H3,17,18,21)/t12-,13+,14-. The van der Waals surface area contributed by atoms with E-state index in [1.807, 2.05) is 12.1 Å². The van der Waals surface area contributed by atoms with E-state index in [0.717, 1.165) is 25.8 Å². The number of hydrogen-bond acceptors (Lipinski definition) is 3. The molecule has 0 aliphatic carbocycles. The number of amides is 2. The van der Waals surface area contributed by atoms with Crippen LogP contribution in [0.15, 0.2) is 24.3 Å². The lowest BCUT2D eigenvalue weighted by Gasteiger charge is -2.39. The molecule has 5 nitrogen and oxygen atoms in total. The number of aromatic hydroxyl groups is 1. The second-order valence-electron chi connectivity index (χ2n) is 6.22. The fourth-order valence-electron chi connectivity index (χ4n) is 3.88. The molecular weight excluding hydrogens is 266 g/mol. The second-order valence-corrected chi connectivity index (χ2v) is 6.22. The van der Waals surface area contributed by atoms with Crippen LogP contribution in [0.2, 0.25) is 0 Å². The van der Waals surface area contributed by atoms with Crippen LogP contribution < -0.4 is 11.1 Å². The highest BCUT2D eigenvalue weighted by Gasteiger charge is 2.40. The Kier molecular flexibility index (Phi) is 4.01. The first-order valence-corrected chi connectivity index (χ1v) is 7.71. The molecule has 3 rings (SSSR count). The number of hydrogen-bond donors (Lipinski definition) is 3. The Morgan fingerprint density at radius 2 is 1.86 bits per heavy atom. The molecule has 0 saturated carbocycles. The summed E-state index contributed by atoms with van der Waals surface area (Å²) in [4.78, 5) is 13.6. The predicted molar refractivity (Wildman–Crippen MR) is 81.1 cm³/mol. The number of piperidine rings is 1. The van der Waals surface area contributed by atoms with Gasteiger partial charge in [-0.3, -0.25) is 4.90 Å². The summed E-state index contributed by atoms with van der Waals surface area (Å²) in [5.41, 5.74) is 6.49. The van der Waals surface area contributed by atoms with Crippen LogP contribution >= 0.6 is 0 Å². The number of benzene rings is 1. The molecule has 2 fully saturated rings. The summed E-state index contributed by atoms with van der Waals surface area (Å²) in [7, 11) is 0. The zero-order chi connectivity index (χ0) is 14.8. The largest absolute Gasteiger partial charge is 0.508 e. The Morgan fingerprint density at radius 1 is 1.24 bits per heavy atom. The van der Waals surface area contributed by atoms with Gasteiger partial charge in [0.15, 0.2) is 0 Å². The lowest BCUT2D eigenvalue weighted by Crippen LogP contribution is -2.51. The van der Waals surface area contributed by atoms with Gasteiger partial charge in [-0.25, -0.2) is 4.79 Å². The first-order chi connectivity index (χ1) is 10.1. The minimum Gasteiger partial charge on any atom is -0.508 e. The van der Waals surface area contributed by atoms with E-state index >= 15 is 0 Å². The van der Waals surface area contributed by atoms with Gasteiger partial charge < -0.3 is 16.2 Å². The molecule has 4 N–H and O–H groups in total. The molecule has 0 radical (unpaired) electrons. The lowest BCUT2D eigenvalue weighted by atomic mass is 9.96. The van der Waals surface area contributed by atoms with E-state index in [2.05, 4.69) is 10.2 Å². The van der Waals surface area contributed by atoms with E-state index in [0.29, 0.717) is 17.8 Å². The highest BCUT2D eigenvalue weighted by atomic mass is 16.3. The van der Waals surface area contributed by atoms with Crippen LogP contribution in [0.1, 0.15) is 31.2 Å². The van der Waals surface area contributed by atoms with Gasteiger partial charge in [0, 0.05) is 24.7 Å². The number of urea groups is 1. The number of carbonyl (C=O) groups is 1. The molecule has 114 valence electrons. The van der Waals surface area contributed by atoms with Crippen molar-refractivity contribution in [1.82, 2.24) is 10.2 Å². The number of phenols is 1. The number of rotatable bonds is 4. The molecule has 3 atom stereocenters. The third kappa shape index (κ3) is 3.29. The Bertz CT molecular complexity index is 489. The number of primary amides is 1. The summed E-state index contributed by atoms with van der Waals surface area (Å²) in [6, 6.07) is 8.43. The van der Waals surface area contributed by atoms with E-state index in [9.17, 15) is 9.90 Å². The van der Waals surface area contributed by atoms with Gasteiger partial charge in [-0.05, 0) is 49.8 Å². The molecule has 2 saturated heterocycles. The Hall–Kier alpha value is -1.75. The number of phenolic OH excluding ortho intramolecular Hbond substituents is 1. The van der Waals surface area contributed by atoms with Gasteiger partial charge in [0.25, 0.3) is 0 Å². The van der Waals surface area contributed by atoms with E-state index in [-0.39, 0.29) is 6.04 Å². The van der Waals surface area contributed by atoms with E-state index in [4.69, 9.17) is 5.73 Å². The highest BCUT2D eigenvalue weighted by molar-refractivity contribution is 5.72. The summed E-state index contributed by atoms with van der Waals surface area (Å²) < 4.78 is 0. The monoisotopic (exact) mass is 289 g/mol. The molecule has 0 unspecified atom stereocenters. The van der Waals surface area contributed by atoms with Crippen LogP contribution in [-0.2, 0) is 6.42 Å². The van der Waals surface area contributed by atoms with Crippen molar-refractivity contribution >= 4 is 6.03 Å². The molecule has 5 heteroatoms. The Balaban J connectivity index is 1.55. The van der Waals surface area contributed by atoms with Gasteiger partial charge in [0.1, 0.15) is 5.75 Å². The topological polar surface area (TPSA) is 78.6 Å². The first kappa shape index (κ1) is 14.2. The average molecular weight is 289 g/mol. The maximum Gasteiger partial charge on any atom is 0.312 e. The summed E-state index contributed by atoms with van der Waals surface area (Å²) in [5, 5.41) is 12.2. The smallest absolute Gasteiger partial charge is 0.312 e. The molecule has 2 heterocycles. The molecular formula is C16H23N3O2. The highest BCUT2D eigenvalue weighted by Crippen LogP contribution is 2.35. The second kappa shape index (κ2) is 5.93. The van der Waals surface area contributed by atoms with Crippen molar-refractivity contribution in [1.29, 1.82) is 0 Å². The zero-order valence-corrected chi connectivity index (χ0v) is 12.2. The molecule has 2 amide bonds. The van der Waals surface area contributed by atoms with E-state index < -0.39 is 6.03 Å². The minimum absolute atomic E-state index is 0.241. The summed E-state index contributed by atoms with van der Waals surface area (Å²) in [6.07, 6.45) is 5.46. The van der Waals surface area contributed by atoms with Crippen molar-refractivity contribution in [3.63, 3.8) is 0 Å². The average Bonchev–Trinajstić information content (AvgIpc) is 2.67. The van der Waals surface area contributed by atoms with Crippen LogP contribution in [-0.4, -0.2) is 40.7 Å². The van der Waals surface area contributed by atoms with Crippen molar-refractivity contribution in [3.8, 4) is 5.75 Å². The number of nitrogens with two attached hydrogens (primary N) is 1. The molecule has 2 aliphatic rings. The molecule has 21 heavy (non-hydrogen) atoms. The number of nitrogens with one attached hydrogen (secondary N) is 1. The fourth-order valence-corrected chi connectivity index (χ4v) is 3.88. The molecule has 1 aromatic carbocycles. The van der Waals surface area contributed by atoms with Gasteiger partial charge in [0.05, 0.1) is 0 Å². The molecule has 2 bridgehead atoms. The summed E-state index contributed by atoms with van der Waals surface area (Å²) in [5.74, 6) is 0.317. The first-order valence-electron chi connectivity index (χ1n) is 7.71. The number of nitrogens with zero attached hydrogens (tertiary/aromatic N) is 1. The molecule has 2 aliphatic heterocycles. The fraction of sp³-hybridized carbons (Fsp3) is 0.562. The maximum atomic E-state index is 11.0. The SMILES string of the molecule is NC(=O)N[C@H]1C[C@H]2CC[C@@H](C1)N2CCc1ccc(O)cc1. The van der Waals surface area contributed by atoms with E-state index in [1.165, 1.54) is 18.4 Å². The lowest BCUT2D eigenvalue weighted by molar-refractivity contribution is 0.121. The third-order valence-corrected chi connectivity index (χ3v) is 4.83. The van der Waals surface area contributed by atoms with Crippen molar-refractivity contribution < 1.29 is 9.90 Å². The van der Waals surface area contributed by atoms with Crippen LogP contribution in [0.4, 0.5) is 4.79 Å². The van der Waals surface area contributed by atoms with Gasteiger partial charge in [0.2, 0.25) is 0 Å². The van der Waals surface area contributed by atoms with Gasteiger partial charge in [-0.1, -0.05) is 12.1 Å². The quantitative estimate of drug-likeness (QED) is 0.787. The van der Waals surface area contributed by atoms with Crippen molar-refractivity contribution in [2.45, 2.75) is 50.2 Å². The Labute approximate surface area is 125 Å². The normalized spacial score (nSPS) is 28.5. The van der Waals surface area contributed by atoms with Crippen LogP contribution in [0.25, 0.3) is 0 Å². The maximum absolute atomic E-state index is 11.0. The molecule has 1 aromatic rings. The van der Waals surface area contributed by atoms with Crippen LogP contribution in [0, 0.1) is 0 Å². The van der Waals surface area contributed by atoms with Crippen LogP contribution in [0.5, 0.6) is 5.75 Å².